The summed E-state index contributed by atoms with van der Waals surface area (Å²) in [6.45, 7) is 2.42. The minimum Gasteiger partial charge on any atom is -0.493 e. The van der Waals surface area contributed by atoms with Gasteiger partial charge in [0.2, 0.25) is 0 Å². The van der Waals surface area contributed by atoms with Gasteiger partial charge in [0.1, 0.15) is 11.4 Å². The molecule has 1 aromatic heterocycles. The van der Waals surface area contributed by atoms with Gasteiger partial charge in [-0.2, -0.15) is 0 Å². The second-order valence-corrected chi connectivity index (χ2v) is 7.81. The fourth-order valence-electron chi connectivity index (χ4n) is 3.52. The van der Waals surface area contributed by atoms with Gasteiger partial charge in [0.15, 0.2) is 0 Å². The number of aromatic nitrogens is 1. The molecule has 3 aromatic carbocycles. The molecule has 6 nitrogen and oxygen atoms in total. The van der Waals surface area contributed by atoms with Crippen LogP contribution in [0, 0.1) is 6.92 Å². The third-order valence-corrected chi connectivity index (χ3v) is 5.33. The SMILES string of the molecule is Cc1ccc(C(=O)O)nc1-c1cccc(C(=O)Nc2ccc(OCCc3ccccc3)cc2)c1. The summed E-state index contributed by atoms with van der Waals surface area (Å²) in [4.78, 5) is 28.3. The molecule has 1 amide bonds. The van der Waals surface area contributed by atoms with Gasteiger partial charge in [-0.05, 0) is 60.5 Å². The van der Waals surface area contributed by atoms with Crippen LogP contribution in [0.25, 0.3) is 11.3 Å². The highest BCUT2D eigenvalue weighted by atomic mass is 16.5. The number of carboxylic acids is 1. The van der Waals surface area contributed by atoms with Crippen LogP contribution in [0.1, 0.15) is 32.0 Å². The molecule has 0 aliphatic heterocycles. The molecular weight excluding hydrogens is 428 g/mol. The number of pyridine rings is 1. The van der Waals surface area contributed by atoms with Crippen LogP contribution in [0.2, 0.25) is 0 Å². The van der Waals surface area contributed by atoms with Crippen molar-refractivity contribution in [2.75, 3.05) is 11.9 Å². The van der Waals surface area contributed by atoms with E-state index in [0.717, 1.165) is 17.7 Å². The quantitative estimate of drug-likeness (QED) is 0.362. The first-order valence-corrected chi connectivity index (χ1v) is 10.9. The van der Waals surface area contributed by atoms with E-state index in [0.29, 0.717) is 29.1 Å². The molecule has 34 heavy (non-hydrogen) atoms. The van der Waals surface area contributed by atoms with Crippen LogP contribution in [0.15, 0.2) is 91.0 Å². The molecule has 0 radical (unpaired) electrons. The lowest BCUT2D eigenvalue weighted by Gasteiger charge is -2.10. The van der Waals surface area contributed by atoms with Crippen molar-refractivity contribution in [2.45, 2.75) is 13.3 Å². The molecule has 4 rings (SSSR count). The molecular formula is C28H24N2O4. The third kappa shape index (κ3) is 5.66. The lowest BCUT2D eigenvalue weighted by atomic mass is 10.0. The summed E-state index contributed by atoms with van der Waals surface area (Å²) in [5.74, 6) is -0.634. The van der Waals surface area contributed by atoms with Crippen LogP contribution < -0.4 is 10.1 Å². The van der Waals surface area contributed by atoms with Crippen LogP contribution in [0.4, 0.5) is 5.69 Å². The molecule has 0 saturated carbocycles. The molecule has 2 N–H and O–H groups in total. The van der Waals surface area contributed by atoms with Crippen molar-refractivity contribution in [3.8, 4) is 17.0 Å². The van der Waals surface area contributed by atoms with Crippen molar-refractivity contribution in [1.82, 2.24) is 4.98 Å². The summed E-state index contributed by atoms with van der Waals surface area (Å²) in [5, 5.41) is 12.1. The number of carbonyl (C=O) groups is 2. The molecule has 4 aromatic rings. The third-order valence-electron chi connectivity index (χ3n) is 5.33. The number of aryl methyl sites for hydroxylation is 1. The van der Waals surface area contributed by atoms with Crippen molar-refractivity contribution >= 4 is 17.6 Å². The van der Waals surface area contributed by atoms with Crippen molar-refractivity contribution in [3.63, 3.8) is 0 Å². The zero-order valence-electron chi connectivity index (χ0n) is 18.7. The number of carboxylic acid groups (broad SMARTS) is 1. The van der Waals surface area contributed by atoms with E-state index < -0.39 is 5.97 Å². The van der Waals surface area contributed by atoms with Gasteiger partial charge in [0.25, 0.3) is 5.91 Å². The van der Waals surface area contributed by atoms with E-state index in [1.807, 2.05) is 37.3 Å². The van der Waals surface area contributed by atoms with Crippen LogP contribution in [-0.4, -0.2) is 28.6 Å². The van der Waals surface area contributed by atoms with Crippen molar-refractivity contribution in [3.05, 3.63) is 113 Å². The fraction of sp³-hybridized carbons (Fsp3) is 0.107. The van der Waals surface area contributed by atoms with Crippen molar-refractivity contribution in [1.29, 1.82) is 0 Å². The Morgan fingerprint density at radius 3 is 2.41 bits per heavy atom. The highest BCUT2D eigenvalue weighted by Crippen LogP contribution is 2.24. The van der Waals surface area contributed by atoms with Gasteiger partial charge in [0, 0.05) is 23.2 Å². The molecule has 170 valence electrons. The number of rotatable bonds is 8. The second kappa shape index (κ2) is 10.4. The summed E-state index contributed by atoms with van der Waals surface area (Å²) >= 11 is 0. The zero-order chi connectivity index (χ0) is 23.9. The van der Waals surface area contributed by atoms with Crippen LogP contribution in [-0.2, 0) is 6.42 Å². The Hall–Kier alpha value is -4.45. The van der Waals surface area contributed by atoms with Crippen molar-refractivity contribution < 1.29 is 19.4 Å². The minimum absolute atomic E-state index is 0.0402. The Morgan fingerprint density at radius 1 is 0.912 bits per heavy atom. The number of hydrogen-bond donors (Lipinski definition) is 2. The number of nitrogens with zero attached hydrogens (tertiary/aromatic N) is 1. The predicted octanol–water partition coefficient (Wildman–Crippen LogP) is 5.63. The van der Waals surface area contributed by atoms with Crippen LogP contribution >= 0.6 is 0 Å². The summed E-state index contributed by atoms with van der Waals surface area (Å²) in [6, 6.07) is 27.5. The molecule has 0 bridgehead atoms. The number of benzene rings is 3. The molecule has 0 fully saturated rings. The van der Waals surface area contributed by atoms with E-state index in [-0.39, 0.29) is 11.6 Å². The van der Waals surface area contributed by atoms with E-state index in [2.05, 4.69) is 22.4 Å². The number of hydrogen-bond acceptors (Lipinski definition) is 4. The molecule has 0 aliphatic carbocycles. The summed E-state index contributed by atoms with van der Waals surface area (Å²) < 4.78 is 5.80. The number of ether oxygens (including phenoxy) is 1. The predicted molar refractivity (Wildman–Crippen MR) is 131 cm³/mol. The van der Waals surface area contributed by atoms with Gasteiger partial charge in [-0.1, -0.05) is 48.5 Å². The smallest absolute Gasteiger partial charge is 0.354 e. The van der Waals surface area contributed by atoms with E-state index in [4.69, 9.17) is 4.74 Å². The largest absolute Gasteiger partial charge is 0.493 e. The molecule has 0 atom stereocenters. The lowest BCUT2D eigenvalue weighted by Crippen LogP contribution is -2.12. The van der Waals surface area contributed by atoms with E-state index in [1.54, 1.807) is 42.5 Å². The Morgan fingerprint density at radius 2 is 1.68 bits per heavy atom. The Balaban J connectivity index is 1.40. The summed E-state index contributed by atoms with van der Waals surface area (Å²) in [6.07, 6.45) is 0.819. The topological polar surface area (TPSA) is 88.5 Å². The maximum absolute atomic E-state index is 12.8. The Labute approximate surface area is 197 Å². The summed E-state index contributed by atoms with van der Waals surface area (Å²) in [5.41, 5.74) is 4.30. The van der Waals surface area contributed by atoms with Gasteiger partial charge in [-0.3, -0.25) is 4.79 Å². The van der Waals surface area contributed by atoms with E-state index in [1.165, 1.54) is 11.6 Å². The number of carbonyl (C=O) groups excluding carboxylic acids is 1. The summed E-state index contributed by atoms with van der Waals surface area (Å²) in [7, 11) is 0. The number of nitrogens with one attached hydrogen (secondary N) is 1. The van der Waals surface area contributed by atoms with Gasteiger partial charge >= 0.3 is 5.97 Å². The Bertz CT molecular complexity index is 1300. The number of anilines is 1. The van der Waals surface area contributed by atoms with Gasteiger partial charge in [-0.15, -0.1) is 0 Å². The Kier molecular flexibility index (Phi) is 6.98. The van der Waals surface area contributed by atoms with E-state index in [9.17, 15) is 14.7 Å². The molecule has 0 aliphatic rings. The maximum Gasteiger partial charge on any atom is 0.354 e. The molecule has 0 saturated heterocycles. The normalized spacial score (nSPS) is 10.5. The van der Waals surface area contributed by atoms with Gasteiger partial charge in [0.05, 0.1) is 12.3 Å². The monoisotopic (exact) mass is 452 g/mol. The maximum atomic E-state index is 12.8. The first-order valence-electron chi connectivity index (χ1n) is 10.9. The van der Waals surface area contributed by atoms with E-state index >= 15 is 0 Å². The second-order valence-electron chi connectivity index (χ2n) is 7.81. The fourth-order valence-corrected chi connectivity index (χ4v) is 3.52. The highest BCUT2D eigenvalue weighted by molar-refractivity contribution is 6.05. The highest BCUT2D eigenvalue weighted by Gasteiger charge is 2.13. The molecule has 1 heterocycles. The zero-order valence-corrected chi connectivity index (χ0v) is 18.7. The van der Waals surface area contributed by atoms with Crippen LogP contribution in [0.5, 0.6) is 5.75 Å². The molecule has 6 heteroatoms. The lowest BCUT2D eigenvalue weighted by molar-refractivity contribution is 0.0690. The average molecular weight is 453 g/mol. The van der Waals surface area contributed by atoms with Crippen molar-refractivity contribution in [2.24, 2.45) is 0 Å². The first kappa shape index (κ1) is 22.7. The van der Waals surface area contributed by atoms with Gasteiger partial charge < -0.3 is 15.2 Å². The van der Waals surface area contributed by atoms with Crippen LogP contribution in [0.3, 0.4) is 0 Å². The minimum atomic E-state index is -1.09. The molecule has 0 unspecified atom stereocenters. The number of aromatic carboxylic acids is 1. The standard InChI is InChI=1S/C28H24N2O4/c1-19-10-15-25(28(32)33)30-26(19)21-8-5-9-22(18-21)27(31)29-23-11-13-24(14-12-23)34-17-16-20-6-3-2-4-7-20/h2-15,18H,16-17H2,1H3,(H,29,31)(H,32,33). The molecule has 0 spiro atoms. The first-order chi connectivity index (χ1) is 16.5. The number of amides is 1. The average Bonchev–Trinajstić information content (AvgIpc) is 2.86. The van der Waals surface area contributed by atoms with Gasteiger partial charge in [-0.25, -0.2) is 9.78 Å².